The quantitative estimate of drug-likeness (QED) is 0.162. The van der Waals surface area contributed by atoms with E-state index in [1.165, 1.54) is 11.9 Å². The van der Waals surface area contributed by atoms with Gasteiger partial charge >= 0.3 is 11.9 Å². The van der Waals surface area contributed by atoms with Crippen LogP contribution >= 0.6 is 0 Å². The molecule has 0 amide bonds. The fourth-order valence-electron chi connectivity index (χ4n) is 0.957. The molecule has 0 aromatic heterocycles. The van der Waals surface area contributed by atoms with Gasteiger partial charge in [-0.1, -0.05) is 0 Å². The lowest BCUT2D eigenvalue weighted by atomic mass is 10.3. The maximum absolute atomic E-state index is 11.7. The predicted molar refractivity (Wildman–Crippen MR) is 71.0 cm³/mol. The van der Waals surface area contributed by atoms with Gasteiger partial charge in [-0.15, -0.1) is 0 Å². The number of rotatable bonds is 8. The molecule has 0 saturated heterocycles. The average molecular weight is 294 g/mol. The van der Waals surface area contributed by atoms with E-state index in [0.29, 0.717) is 0 Å². The van der Waals surface area contributed by atoms with Crippen LogP contribution in [0.4, 0.5) is 0 Å². The molecule has 0 fully saturated rings. The van der Waals surface area contributed by atoms with E-state index in [4.69, 9.17) is 9.47 Å². The van der Waals surface area contributed by atoms with Crippen molar-refractivity contribution in [1.82, 2.24) is 0 Å². The molecule has 0 radical (unpaired) electrons. The van der Waals surface area contributed by atoms with Gasteiger partial charge in [0.2, 0.25) is 0 Å². The maximum Gasteiger partial charge on any atom is 0.349 e. The van der Waals surface area contributed by atoms with Gasteiger partial charge in [0.1, 0.15) is 23.0 Å². The Balaban J connectivity index is 5.06. The lowest BCUT2D eigenvalue weighted by Gasteiger charge is -2.04. The van der Waals surface area contributed by atoms with Gasteiger partial charge in [0.25, 0.3) is 0 Å². The van der Waals surface area contributed by atoms with Gasteiger partial charge in [-0.05, 0) is 13.8 Å². The molecule has 0 saturated carbocycles. The third-order valence-corrected chi connectivity index (χ3v) is 1.84. The summed E-state index contributed by atoms with van der Waals surface area (Å²) in [5.74, 6) is 0.496. The number of esters is 2. The van der Waals surface area contributed by atoms with E-state index >= 15 is 0 Å². The molecule has 0 atom stereocenters. The Hall–Kier alpha value is -2.88. The van der Waals surface area contributed by atoms with Crippen LogP contribution in [0.2, 0.25) is 0 Å². The summed E-state index contributed by atoms with van der Waals surface area (Å²) < 4.78 is 14.1. The molecule has 0 unspecified atom stereocenters. The van der Waals surface area contributed by atoms with Gasteiger partial charge in [-0.2, -0.15) is 0 Å². The highest BCUT2D eigenvalue weighted by Crippen LogP contribution is 2.05. The van der Waals surface area contributed by atoms with Gasteiger partial charge in [-0.25, -0.2) is 19.2 Å². The summed E-state index contributed by atoms with van der Waals surface area (Å²) in [6.07, 6.45) is 3.43. The second-order valence-corrected chi connectivity index (χ2v) is 3.26. The molecule has 0 heterocycles. The summed E-state index contributed by atoms with van der Waals surface area (Å²) in [4.78, 5) is 43.9. The molecule has 0 rings (SSSR count). The second-order valence-electron chi connectivity index (χ2n) is 3.26. The lowest BCUT2D eigenvalue weighted by molar-refractivity contribution is -0.153. The first kappa shape index (κ1) is 18.1. The summed E-state index contributed by atoms with van der Waals surface area (Å²) in [7, 11) is 0. The van der Waals surface area contributed by atoms with Crippen molar-refractivity contribution in [3.63, 3.8) is 0 Å². The van der Waals surface area contributed by atoms with Crippen molar-refractivity contribution in [2.45, 2.75) is 13.8 Å². The molecule has 0 spiro atoms. The third kappa shape index (κ3) is 7.32. The smallest absolute Gasteiger partial charge is 0.349 e. The van der Waals surface area contributed by atoms with E-state index in [-0.39, 0.29) is 24.4 Å². The van der Waals surface area contributed by atoms with Crippen molar-refractivity contribution in [2.75, 3.05) is 13.2 Å². The molecular formula is C14H14O7. The number of carbonyl (C=O) groups is 2. The van der Waals surface area contributed by atoms with Crippen molar-refractivity contribution in [1.29, 1.82) is 0 Å². The molecule has 7 nitrogen and oxygen atoms in total. The molecule has 0 aliphatic heterocycles. The van der Waals surface area contributed by atoms with Crippen molar-refractivity contribution >= 4 is 23.8 Å². The Morgan fingerprint density at radius 3 is 1.52 bits per heavy atom. The Labute approximate surface area is 121 Å². The average Bonchev–Trinajstić information content (AvgIpc) is 2.47. The van der Waals surface area contributed by atoms with Gasteiger partial charge in [-0.3, -0.25) is 0 Å². The minimum absolute atomic E-state index is 0.251. The molecule has 0 aliphatic rings. The first-order valence-corrected chi connectivity index (χ1v) is 5.92. The van der Waals surface area contributed by atoms with Crippen molar-refractivity contribution in [3.05, 3.63) is 35.8 Å². The number of ether oxygens (including phenoxy) is 3. The zero-order valence-electron chi connectivity index (χ0n) is 11.6. The van der Waals surface area contributed by atoms with Crippen molar-refractivity contribution < 1.29 is 33.4 Å². The first-order chi connectivity index (χ1) is 10.1. The summed E-state index contributed by atoms with van der Waals surface area (Å²) in [5.41, 5.74) is -0.600. The molecule has 0 aromatic rings. The number of carbonyl (C=O) groups excluding carboxylic acids is 4. The van der Waals surface area contributed by atoms with Crippen LogP contribution in [0.5, 0.6) is 0 Å². The van der Waals surface area contributed by atoms with Crippen LogP contribution < -0.4 is 0 Å². The Kier molecular flexibility index (Phi) is 9.48. The summed E-state index contributed by atoms with van der Waals surface area (Å²) in [5, 5.41) is 0. The fraction of sp³-hybridized carbons (Fsp3) is 0.286. The number of hydrogen-bond acceptors (Lipinski definition) is 7. The first-order valence-electron chi connectivity index (χ1n) is 5.92. The Morgan fingerprint density at radius 2 is 1.24 bits per heavy atom. The molecule has 112 valence electrons. The maximum atomic E-state index is 11.7. The molecule has 21 heavy (non-hydrogen) atoms. The Bertz CT molecular complexity index is 482. The van der Waals surface area contributed by atoms with Crippen LogP contribution in [-0.4, -0.2) is 37.0 Å². The summed E-state index contributed by atoms with van der Waals surface area (Å²) >= 11 is 0. The molecule has 0 aromatic carbocycles. The summed E-state index contributed by atoms with van der Waals surface area (Å²) in [6, 6.07) is 0. The van der Waals surface area contributed by atoms with Crippen molar-refractivity contribution in [3.8, 4) is 0 Å². The third-order valence-electron chi connectivity index (χ3n) is 1.84. The van der Waals surface area contributed by atoms with E-state index in [9.17, 15) is 19.2 Å². The van der Waals surface area contributed by atoms with Crippen LogP contribution in [0.25, 0.3) is 0 Å². The standard InChI is InChI=1S/C14H14O7/c1-3-19-9-11(5-7-15)13(17)21-14(18)12(6-8-16)10-20-4-2/h5-6,9-10H,3-4H2,1-2H3. The van der Waals surface area contributed by atoms with E-state index < -0.39 is 11.9 Å². The van der Waals surface area contributed by atoms with E-state index in [1.807, 2.05) is 0 Å². The van der Waals surface area contributed by atoms with Crippen LogP contribution in [0, 0.1) is 0 Å². The van der Waals surface area contributed by atoms with E-state index in [0.717, 1.165) is 24.7 Å². The molecule has 0 aliphatic carbocycles. The minimum atomic E-state index is -1.13. The normalized spacial score (nSPS) is 10.8. The highest BCUT2D eigenvalue weighted by molar-refractivity contribution is 6.05. The second kappa shape index (κ2) is 11.0. The molecule has 0 bridgehead atoms. The van der Waals surface area contributed by atoms with Crippen molar-refractivity contribution in [2.24, 2.45) is 0 Å². The molecule has 0 N–H and O–H groups in total. The van der Waals surface area contributed by atoms with Crippen LogP contribution in [-0.2, 0) is 33.4 Å². The van der Waals surface area contributed by atoms with Crippen LogP contribution in [0.3, 0.4) is 0 Å². The topological polar surface area (TPSA) is 96.0 Å². The highest BCUT2D eigenvalue weighted by atomic mass is 16.6. The Morgan fingerprint density at radius 1 is 0.857 bits per heavy atom. The monoisotopic (exact) mass is 294 g/mol. The van der Waals surface area contributed by atoms with Crippen LogP contribution in [0.1, 0.15) is 13.8 Å². The minimum Gasteiger partial charge on any atom is -0.501 e. The zero-order chi connectivity index (χ0) is 16.1. The SMILES string of the molecule is CCOC=C(C=C=O)C(=O)OC(=O)C(C=C=O)=COCC. The largest absolute Gasteiger partial charge is 0.501 e. The number of hydrogen-bond donors (Lipinski definition) is 0. The van der Waals surface area contributed by atoms with Gasteiger partial charge in [0, 0.05) is 12.2 Å². The lowest BCUT2D eigenvalue weighted by Crippen LogP contribution is -2.15. The van der Waals surface area contributed by atoms with Crippen LogP contribution in [0.15, 0.2) is 35.8 Å². The fourth-order valence-corrected chi connectivity index (χ4v) is 0.957. The van der Waals surface area contributed by atoms with Gasteiger partial charge < -0.3 is 14.2 Å². The van der Waals surface area contributed by atoms with Gasteiger partial charge in [0.15, 0.2) is 0 Å². The van der Waals surface area contributed by atoms with Gasteiger partial charge in [0.05, 0.1) is 25.7 Å². The molecule has 7 heteroatoms. The zero-order valence-corrected chi connectivity index (χ0v) is 11.6. The molecular weight excluding hydrogens is 280 g/mol. The van der Waals surface area contributed by atoms with E-state index in [2.05, 4.69) is 4.74 Å². The predicted octanol–water partition coefficient (Wildman–Crippen LogP) is 0.673. The summed E-state index contributed by atoms with van der Waals surface area (Å²) in [6.45, 7) is 3.82. The van der Waals surface area contributed by atoms with E-state index in [1.54, 1.807) is 13.8 Å². The highest BCUT2D eigenvalue weighted by Gasteiger charge is 2.18.